The molecule has 0 heterocycles. The fourth-order valence-electron chi connectivity index (χ4n) is 4.84. The zero-order valence-corrected chi connectivity index (χ0v) is 13.4. The van der Waals surface area contributed by atoms with Crippen molar-refractivity contribution in [3.05, 3.63) is 34.9 Å². The Balaban J connectivity index is 2.06. The van der Waals surface area contributed by atoms with Gasteiger partial charge < -0.3 is 5.11 Å². The van der Waals surface area contributed by atoms with E-state index in [2.05, 4.69) is 45.9 Å². The lowest BCUT2D eigenvalue weighted by atomic mass is 9.53. The zero-order valence-electron chi connectivity index (χ0n) is 13.4. The van der Waals surface area contributed by atoms with Crippen molar-refractivity contribution in [1.82, 2.24) is 0 Å². The molecule has 0 spiro atoms. The van der Waals surface area contributed by atoms with Gasteiger partial charge in [-0.1, -0.05) is 39.0 Å². The predicted octanol–water partition coefficient (Wildman–Crippen LogP) is 4.57. The first-order chi connectivity index (χ1) is 9.34. The first-order valence-corrected chi connectivity index (χ1v) is 8.20. The molecule has 1 saturated carbocycles. The quantitative estimate of drug-likeness (QED) is 0.794. The molecular formula is C19H28O. The molecule has 1 N–H and O–H groups in total. The molecule has 2 aliphatic rings. The topological polar surface area (TPSA) is 20.2 Å². The van der Waals surface area contributed by atoms with Crippen molar-refractivity contribution in [3.63, 3.8) is 0 Å². The molecule has 0 radical (unpaired) electrons. The molecule has 3 unspecified atom stereocenters. The van der Waals surface area contributed by atoms with Crippen molar-refractivity contribution in [2.24, 2.45) is 5.92 Å². The van der Waals surface area contributed by atoms with Crippen molar-refractivity contribution >= 4 is 0 Å². The minimum absolute atomic E-state index is 0.171. The number of hydrogen-bond acceptors (Lipinski definition) is 1. The summed E-state index contributed by atoms with van der Waals surface area (Å²) >= 11 is 0. The molecule has 2 aliphatic carbocycles. The number of fused-ring (bicyclic) bond motifs is 3. The number of aryl methyl sites for hydroxylation is 1. The molecule has 20 heavy (non-hydrogen) atoms. The van der Waals surface area contributed by atoms with Crippen molar-refractivity contribution in [1.29, 1.82) is 0 Å². The molecule has 1 nitrogen and oxygen atoms in total. The summed E-state index contributed by atoms with van der Waals surface area (Å²) < 4.78 is 0. The molecule has 1 heteroatoms. The molecule has 0 saturated heterocycles. The highest BCUT2D eigenvalue weighted by atomic mass is 16.3. The molecule has 1 aromatic carbocycles. The number of benzene rings is 1. The lowest BCUT2D eigenvalue weighted by Crippen LogP contribution is -2.52. The normalized spacial score (nSPS) is 36.6. The summed E-state index contributed by atoms with van der Waals surface area (Å²) in [4.78, 5) is 0. The van der Waals surface area contributed by atoms with Gasteiger partial charge in [-0.25, -0.2) is 0 Å². The van der Waals surface area contributed by atoms with E-state index in [-0.39, 0.29) is 5.41 Å². The molecule has 1 fully saturated rings. The van der Waals surface area contributed by atoms with E-state index in [1.54, 1.807) is 0 Å². The fraction of sp³-hybridized carbons (Fsp3) is 0.684. The Morgan fingerprint density at radius 2 is 1.95 bits per heavy atom. The van der Waals surface area contributed by atoms with Crippen LogP contribution in [-0.2, 0) is 11.8 Å². The summed E-state index contributed by atoms with van der Waals surface area (Å²) in [5, 5.41) is 10.8. The smallest absolute Gasteiger partial charge is 0.0656 e. The van der Waals surface area contributed by atoms with E-state index in [1.807, 2.05) is 0 Å². The second-order valence-corrected chi connectivity index (χ2v) is 7.79. The van der Waals surface area contributed by atoms with Gasteiger partial charge in [-0.2, -0.15) is 0 Å². The Morgan fingerprint density at radius 3 is 2.65 bits per heavy atom. The van der Waals surface area contributed by atoms with E-state index in [9.17, 15) is 5.11 Å². The van der Waals surface area contributed by atoms with Gasteiger partial charge in [0.25, 0.3) is 0 Å². The highest BCUT2D eigenvalue weighted by Gasteiger charge is 2.50. The van der Waals surface area contributed by atoms with Crippen molar-refractivity contribution in [3.8, 4) is 0 Å². The molecule has 3 atom stereocenters. The van der Waals surface area contributed by atoms with Gasteiger partial charge in [0.05, 0.1) is 5.60 Å². The SMILES string of the molecule is CC(C)c1ccc2c(c1)CCC1C(C)(O)CCCC21C. The summed E-state index contributed by atoms with van der Waals surface area (Å²) in [6.45, 7) is 8.97. The maximum Gasteiger partial charge on any atom is 0.0656 e. The van der Waals surface area contributed by atoms with Gasteiger partial charge in [0, 0.05) is 0 Å². The van der Waals surface area contributed by atoms with Gasteiger partial charge >= 0.3 is 0 Å². The fourth-order valence-corrected chi connectivity index (χ4v) is 4.84. The molecule has 3 rings (SSSR count). The lowest BCUT2D eigenvalue weighted by Gasteiger charge is -2.53. The minimum Gasteiger partial charge on any atom is -0.390 e. The minimum atomic E-state index is -0.485. The Morgan fingerprint density at radius 1 is 1.20 bits per heavy atom. The van der Waals surface area contributed by atoms with Crippen LogP contribution in [0.1, 0.15) is 76.0 Å². The molecule has 0 aromatic heterocycles. The van der Waals surface area contributed by atoms with E-state index >= 15 is 0 Å². The third-order valence-electron chi connectivity index (χ3n) is 6.01. The van der Waals surface area contributed by atoms with Crippen LogP contribution in [0.4, 0.5) is 0 Å². The second-order valence-electron chi connectivity index (χ2n) is 7.79. The summed E-state index contributed by atoms with van der Waals surface area (Å²) in [7, 11) is 0. The zero-order chi connectivity index (χ0) is 14.5. The maximum absolute atomic E-state index is 10.8. The van der Waals surface area contributed by atoms with E-state index in [0.29, 0.717) is 11.8 Å². The van der Waals surface area contributed by atoms with Crippen LogP contribution in [0.2, 0.25) is 0 Å². The standard InChI is InChI=1S/C19H28O/c1-13(2)14-6-8-16-15(12-14)7-9-17-18(16,3)10-5-11-19(17,4)20/h6,8,12-13,17,20H,5,7,9-11H2,1-4H3. The van der Waals surface area contributed by atoms with Crippen LogP contribution in [0.15, 0.2) is 18.2 Å². The Hall–Kier alpha value is -0.820. The van der Waals surface area contributed by atoms with Crippen LogP contribution >= 0.6 is 0 Å². The van der Waals surface area contributed by atoms with Crippen molar-refractivity contribution in [2.45, 2.75) is 76.7 Å². The van der Waals surface area contributed by atoms with Gasteiger partial charge in [-0.3, -0.25) is 0 Å². The lowest BCUT2D eigenvalue weighted by molar-refractivity contribution is -0.0748. The highest BCUT2D eigenvalue weighted by Crippen LogP contribution is 2.53. The van der Waals surface area contributed by atoms with E-state index in [0.717, 1.165) is 25.7 Å². The van der Waals surface area contributed by atoms with Gasteiger partial charge in [-0.15, -0.1) is 0 Å². The average molecular weight is 272 g/mol. The van der Waals surface area contributed by atoms with Crippen molar-refractivity contribution in [2.75, 3.05) is 0 Å². The highest BCUT2D eigenvalue weighted by molar-refractivity contribution is 5.42. The first-order valence-electron chi connectivity index (χ1n) is 8.20. The van der Waals surface area contributed by atoms with Crippen LogP contribution in [0.3, 0.4) is 0 Å². The number of aliphatic hydroxyl groups is 1. The summed E-state index contributed by atoms with van der Waals surface area (Å²) in [5.74, 6) is 1.02. The Labute approximate surface area is 123 Å². The largest absolute Gasteiger partial charge is 0.390 e. The molecule has 1 aromatic rings. The molecule has 0 amide bonds. The van der Waals surface area contributed by atoms with Crippen LogP contribution in [0.5, 0.6) is 0 Å². The predicted molar refractivity (Wildman–Crippen MR) is 84.2 cm³/mol. The summed E-state index contributed by atoms with van der Waals surface area (Å²) in [6, 6.07) is 7.09. The number of rotatable bonds is 1. The Kier molecular flexibility index (Phi) is 3.25. The van der Waals surface area contributed by atoms with Crippen LogP contribution in [-0.4, -0.2) is 10.7 Å². The second kappa shape index (κ2) is 4.59. The Bertz CT molecular complexity index is 514. The molecular weight excluding hydrogens is 244 g/mol. The van der Waals surface area contributed by atoms with E-state index in [4.69, 9.17) is 0 Å². The van der Waals surface area contributed by atoms with E-state index in [1.165, 1.54) is 23.1 Å². The monoisotopic (exact) mass is 272 g/mol. The van der Waals surface area contributed by atoms with E-state index < -0.39 is 5.60 Å². The average Bonchev–Trinajstić information content (AvgIpc) is 2.37. The van der Waals surface area contributed by atoms with Crippen LogP contribution in [0, 0.1) is 5.92 Å². The molecule has 0 aliphatic heterocycles. The van der Waals surface area contributed by atoms with Gasteiger partial charge in [0.2, 0.25) is 0 Å². The van der Waals surface area contributed by atoms with Gasteiger partial charge in [0.1, 0.15) is 0 Å². The van der Waals surface area contributed by atoms with Crippen molar-refractivity contribution < 1.29 is 5.11 Å². The van der Waals surface area contributed by atoms with Gasteiger partial charge in [-0.05, 0) is 73.0 Å². The third-order valence-corrected chi connectivity index (χ3v) is 6.01. The van der Waals surface area contributed by atoms with Crippen LogP contribution in [0.25, 0.3) is 0 Å². The van der Waals surface area contributed by atoms with Gasteiger partial charge in [0.15, 0.2) is 0 Å². The third kappa shape index (κ3) is 2.02. The molecule has 110 valence electrons. The first kappa shape index (κ1) is 14.1. The van der Waals surface area contributed by atoms with Crippen LogP contribution < -0.4 is 0 Å². The summed E-state index contributed by atoms with van der Waals surface area (Å²) in [6.07, 6.45) is 5.60. The number of hydrogen-bond donors (Lipinski definition) is 1. The maximum atomic E-state index is 10.8. The molecule has 0 bridgehead atoms. The summed E-state index contributed by atoms with van der Waals surface area (Å²) in [5.41, 5.74) is 4.19.